The summed E-state index contributed by atoms with van der Waals surface area (Å²) in [5, 5.41) is 9.89. The van der Waals surface area contributed by atoms with Gasteiger partial charge < -0.3 is 59.8 Å². The van der Waals surface area contributed by atoms with Crippen LogP contribution in [0.4, 0.5) is 41.9 Å². The lowest BCUT2D eigenvalue weighted by molar-refractivity contribution is 0.202. The second-order valence-electron chi connectivity index (χ2n) is 23.8. The summed E-state index contributed by atoms with van der Waals surface area (Å²) in [4.78, 5) is 64.3. The molecule has 0 aromatic heterocycles. The Morgan fingerprint density at radius 2 is 0.550 bits per heavy atom. The van der Waals surface area contributed by atoms with Gasteiger partial charge in [-0.25, -0.2) is 19.2 Å². The average molecular weight is 1100 g/mol. The quantitative estimate of drug-likeness (QED) is 0.163. The molecule has 0 saturated carbocycles. The lowest BCUT2D eigenvalue weighted by Gasteiger charge is -2.32. The zero-order valence-corrected chi connectivity index (χ0v) is 49.7. The maximum atomic E-state index is 11.4. The Kier molecular flexibility index (Phi) is 15.7. The fraction of sp³-hybridized carbons (Fsp3) is 0.533. The zero-order chi connectivity index (χ0) is 58.0. The van der Waals surface area contributed by atoms with Crippen LogP contribution in [0.15, 0.2) is 72.8 Å². The van der Waals surface area contributed by atoms with E-state index in [0.29, 0.717) is 47.7 Å². The van der Waals surface area contributed by atoms with E-state index in [9.17, 15) is 19.2 Å². The number of carbonyl (C=O) groups excluding carboxylic acids is 4. The molecule has 12 rings (SSSR count). The first kappa shape index (κ1) is 57.7. The largest absolute Gasteiger partial charge is 0.412 e. The normalized spacial score (nSPS) is 28.2. The number of fused-ring (bicyclic) bond motifs is 12. The van der Waals surface area contributed by atoms with E-state index in [1.807, 2.05) is 72.8 Å². The highest BCUT2D eigenvalue weighted by molar-refractivity contribution is 5.75. The highest BCUT2D eigenvalue weighted by Gasteiger charge is 2.55. The average Bonchev–Trinajstić information content (AvgIpc) is 4.37. The number of nitrogens with zero attached hydrogens (tertiary/aromatic N) is 8. The third kappa shape index (κ3) is 9.74. The van der Waals surface area contributed by atoms with Gasteiger partial charge in [0.2, 0.25) is 0 Å². The topological polar surface area (TPSA) is 179 Å². The highest BCUT2D eigenvalue weighted by Crippen LogP contribution is 2.55. The number of amides is 4. The van der Waals surface area contributed by atoms with Crippen LogP contribution in [0.2, 0.25) is 0 Å². The summed E-state index contributed by atoms with van der Waals surface area (Å²) in [6, 6.07) is 23.7. The molecular weight excluding hydrogens is 1020 g/mol. The molecule has 8 heterocycles. The minimum atomic E-state index is -0.429. The summed E-state index contributed by atoms with van der Waals surface area (Å²) in [6.07, 6.45) is 4.29. The molecule has 4 saturated heterocycles. The lowest BCUT2D eigenvalue weighted by Crippen LogP contribution is -2.45. The first-order chi connectivity index (χ1) is 37.9. The fourth-order valence-electron chi connectivity index (χ4n) is 15.1. The Labute approximate surface area is 472 Å². The Morgan fingerprint density at radius 1 is 0.362 bits per heavy atom. The molecule has 20 nitrogen and oxygen atoms in total. The van der Waals surface area contributed by atoms with Gasteiger partial charge in [0.15, 0.2) is 0 Å². The molecular formula is C60H84N12O8. The SMILES string of the molecule is CNC(=O)Oc1ccc2c(c1)[C@]1(C)CCN(C)[C@@H]1N2C.CNC(=O)Oc1ccc2c(c1)[C@]1(C)CCN(C)[C@@H]1N2C.CNC(=O)Oc1ccc2c(c1)[C@]1(C)CCN(C)[C@@H]1N2C.CNC(=O)Oc1ccc2c(c1)[C@]1(C)CCN(C)[C@@H]1N2C. The molecule has 0 radical (unpaired) electrons. The van der Waals surface area contributed by atoms with Gasteiger partial charge in [-0.3, -0.25) is 19.6 Å². The molecule has 20 heteroatoms. The maximum Gasteiger partial charge on any atom is 0.412 e. The Morgan fingerprint density at radius 3 is 0.725 bits per heavy atom. The molecule has 4 aromatic rings. The van der Waals surface area contributed by atoms with Crippen LogP contribution >= 0.6 is 0 Å². The highest BCUT2D eigenvalue weighted by atomic mass is 16.6. The molecule has 4 amide bonds. The lowest BCUT2D eigenvalue weighted by atomic mass is 9.81. The van der Waals surface area contributed by atoms with Gasteiger partial charge in [0.25, 0.3) is 0 Å². The van der Waals surface area contributed by atoms with Crippen molar-refractivity contribution in [2.45, 2.75) is 99.7 Å². The minimum Gasteiger partial charge on any atom is -0.410 e. The summed E-state index contributed by atoms with van der Waals surface area (Å²) in [6.45, 7) is 13.6. The Bertz CT molecular complexity index is 2640. The van der Waals surface area contributed by atoms with Crippen molar-refractivity contribution in [3.63, 3.8) is 0 Å². The number of likely N-dealkylation sites (N-methyl/N-ethyl adjacent to an activating group) is 8. The molecule has 4 aromatic carbocycles. The number of likely N-dealkylation sites (tertiary alicyclic amines) is 4. The standard InChI is InChI=1S/4C15H21N3O2/c4*1-15-7-8-17(3)13(15)18(4)12-6-5-10(9-11(12)15)20-14(19)16-2/h4*5-6,9,13H,7-8H2,1-4H3,(H,16,19)/t4*13-,15+/m1111/s1. The third-order valence-electron chi connectivity index (χ3n) is 18.9. The van der Waals surface area contributed by atoms with Gasteiger partial charge in [0, 0.05) is 127 Å². The molecule has 0 spiro atoms. The van der Waals surface area contributed by atoms with E-state index >= 15 is 0 Å². The predicted molar refractivity (Wildman–Crippen MR) is 313 cm³/mol. The molecule has 0 bridgehead atoms. The summed E-state index contributed by atoms with van der Waals surface area (Å²) in [5.41, 5.74) is 10.4. The molecule has 4 fully saturated rings. The molecule has 0 unspecified atom stereocenters. The number of hydrogen-bond donors (Lipinski definition) is 4. The van der Waals surface area contributed by atoms with E-state index in [4.69, 9.17) is 18.9 Å². The van der Waals surface area contributed by atoms with E-state index in [1.54, 1.807) is 28.2 Å². The Hall–Kier alpha value is -7.00. The number of rotatable bonds is 4. The van der Waals surface area contributed by atoms with Crippen LogP contribution in [-0.4, -0.2) is 179 Å². The Balaban J connectivity index is 0.000000129. The first-order valence-corrected chi connectivity index (χ1v) is 27.8. The van der Waals surface area contributed by atoms with Crippen LogP contribution in [0.1, 0.15) is 75.6 Å². The van der Waals surface area contributed by atoms with E-state index in [2.05, 4.69) is 145 Å². The van der Waals surface area contributed by atoms with E-state index in [-0.39, 0.29) is 21.7 Å². The van der Waals surface area contributed by atoms with Crippen molar-refractivity contribution in [2.75, 3.05) is 130 Å². The van der Waals surface area contributed by atoms with Crippen LogP contribution in [0.5, 0.6) is 23.0 Å². The number of ether oxygens (including phenoxy) is 4. The molecule has 8 atom stereocenters. The monoisotopic (exact) mass is 1100 g/mol. The van der Waals surface area contributed by atoms with Crippen molar-refractivity contribution >= 4 is 47.1 Å². The molecule has 8 aliphatic rings. The van der Waals surface area contributed by atoms with Crippen LogP contribution in [-0.2, 0) is 21.7 Å². The number of anilines is 4. The van der Waals surface area contributed by atoms with Crippen LogP contribution in [0.3, 0.4) is 0 Å². The predicted octanol–water partition coefficient (Wildman–Crippen LogP) is 7.10. The zero-order valence-electron chi connectivity index (χ0n) is 49.7. The van der Waals surface area contributed by atoms with Gasteiger partial charge in [-0.2, -0.15) is 0 Å². The maximum absolute atomic E-state index is 11.4. The van der Waals surface area contributed by atoms with Crippen molar-refractivity contribution in [3.05, 3.63) is 95.1 Å². The van der Waals surface area contributed by atoms with Gasteiger partial charge in [-0.15, -0.1) is 0 Å². The van der Waals surface area contributed by atoms with Crippen molar-refractivity contribution in [3.8, 4) is 23.0 Å². The number of nitrogens with one attached hydrogen (secondary N) is 4. The fourth-order valence-corrected chi connectivity index (χ4v) is 15.1. The van der Waals surface area contributed by atoms with Crippen LogP contribution in [0.25, 0.3) is 0 Å². The minimum absolute atomic E-state index is 0.0981. The van der Waals surface area contributed by atoms with Crippen molar-refractivity contribution < 1.29 is 38.1 Å². The van der Waals surface area contributed by atoms with E-state index < -0.39 is 24.4 Å². The van der Waals surface area contributed by atoms with E-state index in [1.165, 1.54) is 45.0 Å². The summed E-state index contributed by atoms with van der Waals surface area (Å²) >= 11 is 0. The molecule has 8 aliphatic heterocycles. The van der Waals surface area contributed by atoms with E-state index in [0.717, 1.165) is 51.9 Å². The summed E-state index contributed by atoms with van der Waals surface area (Å²) in [5.74, 6) is 2.42. The third-order valence-corrected chi connectivity index (χ3v) is 18.9. The number of benzene rings is 4. The number of hydrogen-bond acceptors (Lipinski definition) is 16. The molecule has 80 heavy (non-hydrogen) atoms. The van der Waals surface area contributed by atoms with Gasteiger partial charge in [-0.05, 0) is 149 Å². The van der Waals surface area contributed by atoms with Crippen molar-refractivity contribution in [1.29, 1.82) is 0 Å². The van der Waals surface area contributed by atoms with Gasteiger partial charge >= 0.3 is 24.4 Å². The van der Waals surface area contributed by atoms with Gasteiger partial charge in [0.1, 0.15) is 23.0 Å². The van der Waals surface area contributed by atoms with Gasteiger partial charge in [-0.1, -0.05) is 27.7 Å². The molecule has 0 aliphatic carbocycles. The second-order valence-corrected chi connectivity index (χ2v) is 23.8. The second kappa shape index (κ2) is 21.8. The van der Waals surface area contributed by atoms with Gasteiger partial charge in [0.05, 0.1) is 24.7 Å². The molecule has 432 valence electrons. The van der Waals surface area contributed by atoms with Crippen LogP contribution < -0.4 is 59.8 Å². The molecule has 4 N–H and O–H groups in total. The van der Waals surface area contributed by atoms with Crippen molar-refractivity contribution in [2.24, 2.45) is 0 Å². The summed E-state index contributed by atoms with van der Waals surface area (Å²) in [7, 11) is 23.5. The van der Waals surface area contributed by atoms with Crippen molar-refractivity contribution in [1.82, 2.24) is 40.9 Å². The first-order valence-electron chi connectivity index (χ1n) is 27.8. The number of carbonyl (C=O) groups is 4. The summed E-state index contributed by atoms with van der Waals surface area (Å²) < 4.78 is 21.0. The smallest absolute Gasteiger partial charge is 0.410 e. The van der Waals surface area contributed by atoms with Crippen LogP contribution in [0, 0.1) is 0 Å².